The summed E-state index contributed by atoms with van der Waals surface area (Å²) in [5.74, 6) is -1.78. The topological polar surface area (TPSA) is 54.4 Å². The summed E-state index contributed by atoms with van der Waals surface area (Å²) in [6.07, 6.45) is 0. The number of carboxylic acids is 1. The average Bonchev–Trinajstić information content (AvgIpc) is 2.42. The van der Waals surface area contributed by atoms with Crippen LogP contribution in [0.15, 0.2) is 18.2 Å². The van der Waals surface area contributed by atoms with Crippen LogP contribution < -0.4 is 0 Å². The highest BCUT2D eigenvalue weighted by Crippen LogP contribution is 2.47. The molecule has 16 heavy (non-hydrogen) atoms. The first-order valence-electron chi connectivity index (χ1n) is 4.96. The number of ketones is 1. The summed E-state index contributed by atoms with van der Waals surface area (Å²) in [6, 6.07) is 4.89. The minimum atomic E-state index is -1.37. The third kappa shape index (κ3) is 1.21. The molecule has 0 aromatic heterocycles. The summed E-state index contributed by atoms with van der Waals surface area (Å²) >= 11 is 5.85. The second-order valence-electron chi connectivity index (χ2n) is 4.29. The molecule has 2 atom stereocenters. The number of halogens is 1. The molecule has 84 valence electrons. The number of fused-ring (bicyclic) bond motifs is 1. The molecule has 0 fully saturated rings. The predicted molar refractivity (Wildman–Crippen MR) is 59.9 cm³/mol. The lowest BCUT2D eigenvalue weighted by Crippen LogP contribution is -2.35. The fourth-order valence-electron chi connectivity index (χ4n) is 2.17. The number of rotatable bonds is 1. The molecule has 2 unspecified atom stereocenters. The summed E-state index contributed by atoms with van der Waals surface area (Å²) in [5.41, 5.74) is -0.170. The number of hydrogen-bond donors (Lipinski definition) is 1. The van der Waals surface area contributed by atoms with Crippen molar-refractivity contribution in [3.05, 3.63) is 34.3 Å². The zero-order chi connectivity index (χ0) is 12.1. The van der Waals surface area contributed by atoms with Crippen LogP contribution >= 0.6 is 11.6 Å². The van der Waals surface area contributed by atoms with Gasteiger partial charge in [-0.25, -0.2) is 0 Å². The standard InChI is InChI=1S/C12H11ClO3/c1-6-9-5-7(13)3-4-8(9)10(14)12(6,2)11(15)16/h3-6H,1-2H3,(H,15,16). The molecule has 1 aliphatic rings. The van der Waals surface area contributed by atoms with E-state index in [9.17, 15) is 14.7 Å². The zero-order valence-corrected chi connectivity index (χ0v) is 9.71. The van der Waals surface area contributed by atoms with E-state index in [-0.39, 0.29) is 11.7 Å². The van der Waals surface area contributed by atoms with E-state index in [4.69, 9.17) is 11.6 Å². The van der Waals surface area contributed by atoms with Crippen LogP contribution in [0.25, 0.3) is 0 Å². The molecule has 3 nitrogen and oxygen atoms in total. The van der Waals surface area contributed by atoms with Crippen molar-refractivity contribution in [3.63, 3.8) is 0 Å². The van der Waals surface area contributed by atoms with Gasteiger partial charge in [0.1, 0.15) is 5.41 Å². The van der Waals surface area contributed by atoms with E-state index in [1.807, 2.05) is 0 Å². The number of benzene rings is 1. The van der Waals surface area contributed by atoms with Crippen molar-refractivity contribution in [2.24, 2.45) is 5.41 Å². The second-order valence-corrected chi connectivity index (χ2v) is 4.73. The van der Waals surface area contributed by atoms with E-state index in [1.54, 1.807) is 25.1 Å². The number of Topliss-reactive ketones (excluding diaryl/α,β-unsaturated/α-hetero) is 1. The summed E-state index contributed by atoms with van der Waals surface area (Å²) in [4.78, 5) is 23.3. The van der Waals surface area contributed by atoms with E-state index in [0.29, 0.717) is 10.6 Å². The molecule has 0 spiro atoms. The summed E-state index contributed by atoms with van der Waals surface area (Å²) in [7, 11) is 0. The van der Waals surface area contributed by atoms with Crippen molar-refractivity contribution in [3.8, 4) is 0 Å². The highest BCUT2D eigenvalue weighted by molar-refractivity contribution is 6.31. The van der Waals surface area contributed by atoms with E-state index < -0.39 is 11.4 Å². The lowest BCUT2D eigenvalue weighted by molar-refractivity contribution is -0.145. The summed E-state index contributed by atoms with van der Waals surface area (Å²) in [5, 5.41) is 9.72. The van der Waals surface area contributed by atoms with Crippen molar-refractivity contribution >= 4 is 23.4 Å². The molecule has 0 bridgehead atoms. The first-order chi connectivity index (χ1) is 7.39. The molecule has 0 saturated carbocycles. The quantitative estimate of drug-likeness (QED) is 0.766. The van der Waals surface area contributed by atoms with E-state index >= 15 is 0 Å². The Kier molecular flexibility index (Phi) is 2.31. The molecular formula is C12H11ClO3. The van der Waals surface area contributed by atoms with Crippen LogP contribution in [0.2, 0.25) is 5.02 Å². The third-order valence-electron chi connectivity index (χ3n) is 3.51. The van der Waals surface area contributed by atoms with Crippen LogP contribution in [-0.4, -0.2) is 16.9 Å². The number of carbonyl (C=O) groups is 2. The SMILES string of the molecule is CC1c2cc(Cl)ccc2C(=O)C1(C)C(=O)O. The van der Waals surface area contributed by atoms with E-state index in [0.717, 1.165) is 5.56 Å². The van der Waals surface area contributed by atoms with Gasteiger partial charge in [-0.15, -0.1) is 0 Å². The molecule has 0 saturated heterocycles. The van der Waals surface area contributed by atoms with Gasteiger partial charge in [0.05, 0.1) is 0 Å². The maximum Gasteiger partial charge on any atom is 0.317 e. The first kappa shape index (κ1) is 11.1. The van der Waals surface area contributed by atoms with Crippen molar-refractivity contribution in [1.82, 2.24) is 0 Å². The molecule has 4 heteroatoms. The molecule has 2 rings (SSSR count). The van der Waals surface area contributed by atoms with Crippen LogP contribution in [0.5, 0.6) is 0 Å². The molecule has 0 radical (unpaired) electrons. The van der Waals surface area contributed by atoms with Crippen molar-refractivity contribution in [2.75, 3.05) is 0 Å². The zero-order valence-electron chi connectivity index (χ0n) is 8.95. The Morgan fingerprint density at radius 3 is 2.69 bits per heavy atom. The van der Waals surface area contributed by atoms with Crippen LogP contribution in [0.3, 0.4) is 0 Å². The fourth-order valence-corrected chi connectivity index (χ4v) is 2.35. The van der Waals surface area contributed by atoms with E-state index in [1.165, 1.54) is 6.92 Å². The van der Waals surface area contributed by atoms with Gasteiger partial charge in [0.15, 0.2) is 5.78 Å². The van der Waals surface area contributed by atoms with Gasteiger partial charge in [0.25, 0.3) is 0 Å². The minimum absolute atomic E-state index is 0.334. The normalized spacial score (nSPS) is 27.9. The van der Waals surface area contributed by atoms with Crippen LogP contribution in [0.1, 0.15) is 35.7 Å². The highest BCUT2D eigenvalue weighted by atomic mass is 35.5. The van der Waals surface area contributed by atoms with Gasteiger partial charge in [0.2, 0.25) is 0 Å². The lowest BCUT2D eigenvalue weighted by atomic mass is 9.78. The predicted octanol–water partition coefficient (Wildman–Crippen LogP) is 2.73. The van der Waals surface area contributed by atoms with Gasteiger partial charge in [-0.1, -0.05) is 18.5 Å². The lowest BCUT2D eigenvalue weighted by Gasteiger charge is -2.22. The average molecular weight is 239 g/mol. The van der Waals surface area contributed by atoms with Gasteiger partial charge >= 0.3 is 5.97 Å². The first-order valence-corrected chi connectivity index (χ1v) is 5.34. The van der Waals surface area contributed by atoms with Crippen molar-refractivity contribution < 1.29 is 14.7 Å². The Balaban J connectivity index is 2.65. The molecule has 0 aliphatic heterocycles. The highest BCUT2D eigenvalue weighted by Gasteiger charge is 2.53. The second kappa shape index (κ2) is 3.32. The Morgan fingerprint density at radius 1 is 1.50 bits per heavy atom. The smallest absolute Gasteiger partial charge is 0.317 e. The van der Waals surface area contributed by atoms with Crippen LogP contribution in [0.4, 0.5) is 0 Å². The number of carbonyl (C=O) groups excluding carboxylic acids is 1. The fraction of sp³-hybridized carbons (Fsp3) is 0.333. The Morgan fingerprint density at radius 2 is 2.12 bits per heavy atom. The van der Waals surface area contributed by atoms with Gasteiger partial charge in [-0.05, 0) is 30.7 Å². The van der Waals surface area contributed by atoms with Gasteiger partial charge in [0, 0.05) is 16.5 Å². The maximum atomic E-state index is 12.1. The Hall–Kier alpha value is -1.35. The number of carboxylic acid groups (broad SMARTS) is 1. The molecular weight excluding hydrogens is 228 g/mol. The summed E-state index contributed by atoms with van der Waals surface area (Å²) < 4.78 is 0. The third-order valence-corrected chi connectivity index (χ3v) is 3.74. The van der Waals surface area contributed by atoms with Gasteiger partial charge in [-0.3, -0.25) is 9.59 Å². The molecule has 1 N–H and O–H groups in total. The minimum Gasteiger partial charge on any atom is -0.480 e. The largest absolute Gasteiger partial charge is 0.480 e. The summed E-state index contributed by atoms with van der Waals surface area (Å²) in [6.45, 7) is 3.21. The Labute approximate surface area is 98.0 Å². The van der Waals surface area contributed by atoms with Crippen molar-refractivity contribution in [2.45, 2.75) is 19.8 Å². The van der Waals surface area contributed by atoms with Gasteiger partial charge < -0.3 is 5.11 Å². The van der Waals surface area contributed by atoms with E-state index in [2.05, 4.69) is 0 Å². The van der Waals surface area contributed by atoms with Crippen LogP contribution in [-0.2, 0) is 4.79 Å². The monoisotopic (exact) mass is 238 g/mol. The molecule has 0 amide bonds. The molecule has 1 aliphatic carbocycles. The molecule has 0 heterocycles. The van der Waals surface area contributed by atoms with Crippen LogP contribution in [0, 0.1) is 5.41 Å². The number of aliphatic carboxylic acids is 1. The molecule has 1 aromatic rings. The Bertz CT molecular complexity index is 495. The van der Waals surface area contributed by atoms with Gasteiger partial charge in [-0.2, -0.15) is 0 Å². The molecule has 1 aromatic carbocycles. The number of hydrogen-bond acceptors (Lipinski definition) is 2. The maximum absolute atomic E-state index is 12.1. The van der Waals surface area contributed by atoms with Crippen molar-refractivity contribution in [1.29, 1.82) is 0 Å².